The van der Waals surface area contributed by atoms with Crippen LogP contribution in [0.5, 0.6) is 0 Å². The normalized spacial score (nSPS) is 13.5. The SMILES string of the molecule is CCS(=O)(=O)NC(CCSC)C(=O)NC(CO)CO. The van der Waals surface area contributed by atoms with Crippen LogP contribution in [-0.2, 0) is 14.8 Å². The average Bonchev–Trinajstić information content (AvgIpc) is 2.40. The number of hydrogen-bond donors (Lipinski definition) is 4. The summed E-state index contributed by atoms with van der Waals surface area (Å²) in [5, 5.41) is 20.2. The van der Waals surface area contributed by atoms with Crippen LogP contribution >= 0.6 is 11.8 Å². The van der Waals surface area contributed by atoms with E-state index in [-0.39, 0.29) is 5.75 Å². The summed E-state index contributed by atoms with van der Waals surface area (Å²) >= 11 is 1.50. The number of aliphatic hydroxyl groups excluding tert-OH is 2. The van der Waals surface area contributed by atoms with E-state index in [1.807, 2.05) is 6.26 Å². The molecule has 0 radical (unpaired) electrons. The number of nitrogens with one attached hydrogen (secondary N) is 2. The first-order valence-electron chi connectivity index (χ1n) is 5.91. The third kappa shape index (κ3) is 7.73. The maximum Gasteiger partial charge on any atom is 0.238 e. The Morgan fingerprint density at radius 1 is 1.32 bits per heavy atom. The van der Waals surface area contributed by atoms with Gasteiger partial charge in [0.15, 0.2) is 0 Å². The average molecular weight is 314 g/mol. The second-order valence-electron chi connectivity index (χ2n) is 3.93. The molecular formula is C10H22N2O5S2. The van der Waals surface area contributed by atoms with Gasteiger partial charge in [0.1, 0.15) is 6.04 Å². The number of carbonyl (C=O) groups is 1. The molecule has 19 heavy (non-hydrogen) atoms. The number of sulfonamides is 1. The first-order chi connectivity index (χ1) is 8.90. The van der Waals surface area contributed by atoms with E-state index in [1.54, 1.807) is 0 Å². The van der Waals surface area contributed by atoms with Crippen LogP contribution in [-0.4, -0.2) is 67.6 Å². The fraction of sp³-hybridized carbons (Fsp3) is 0.900. The molecule has 0 saturated heterocycles. The first-order valence-corrected chi connectivity index (χ1v) is 8.95. The van der Waals surface area contributed by atoms with Crippen molar-refractivity contribution in [3.8, 4) is 0 Å². The number of thioether (sulfide) groups is 1. The molecule has 4 N–H and O–H groups in total. The lowest BCUT2D eigenvalue weighted by molar-refractivity contribution is -0.124. The van der Waals surface area contributed by atoms with Gasteiger partial charge in [-0.05, 0) is 25.4 Å². The van der Waals surface area contributed by atoms with Crippen molar-refractivity contribution in [2.75, 3.05) is 31.0 Å². The van der Waals surface area contributed by atoms with Gasteiger partial charge in [-0.3, -0.25) is 4.79 Å². The highest BCUT2D eigenvalue weighted by atomic mass is 32.2. The number of carbonyl (C=O) groups excluding carboxylic acids is 1. The number of hydrogen-bond acceptors (Lipinski definition) is 6. The Bertz CT molecular complexity index is 357. The Morgan fingerprint density at radius 3 is 2.32 bits per heavy atom. The lowest BCUT2D eigenvalue weighted by Crippen LogP contribution is -2.51. The number of amides is 1. The molecule has 7 nitrogen and oxygen atoms in total. The van der Waals surface area contributed by atoms with Crippen molar-refractivity contribution in [2.24, 2.45) is 0 Å². The maximum atomic E-state index is 11.9. The Kier molecular flexibility index (Phi) is 9.36. The third-order valence-electron chi connectivity index (χ3n) is 2.42. The molecule has 114 valence electrons. The highest BCUT2D eigenvalue weighted by Crippen LogP contribution is 2.03. The summed E-state index contributed by atoms with van der Waals surface area (Å²) in [6, 6.07) is -1.67. The minimum absolute atomic E-state index is 0.112. The van der Waals surface area contributed by atoms with Crippen LogP contribution in [0.15, 0.2) is 0 Å². The van der Waals surface area contributed by atoms with E-state index < -0.39 is 41.2 Å². The summed E-state index contributed by atoms with van der Waals surface area (Å²) in [4.78, 5) is 11.9. The summed E-state index contributed by atoms with van der Waals surface area (Å²) < 4.78 is 25.3. The molecule has 1 atom stereocenters. The van der Waals surface area contributed by atoms with Crippen molar-refractivity contribution < 1.29 is 23.4 Å². The lowest BCUT2D eigenvalue weighted by atomic mass is 10.2. The predicted octanol–water partition coefficient (Wildman–Crippen LogP) is -1.48. The van der Waals surface area contributed by atoms with Crippen molar-refractivity contribution in [3.63, 3.8) is 0 Å². The molecule has 0 bridgehead atoms. The van der Waals surface area contributed by atoms with Crippen LogP contribution in [0.3, 0.4) is 0 Å². The standard InChI is InChI=1S/C10H22N2O5S2/c1-3-19(16,17)12-9(4-5-18-2)10(15)11-8(6-13)7-14/h8-9,12-14H,3-7H2,1-2H3,(H,11,15). The summed E-state index contributed by atoms with van der Waals surface area (Å²) in [5.41, 5.74) is 0. The minimum Gasteiger partial charge on any atom is -0.394 e. The van der Waals surface area contributed by atoms with Gasteiger partial charge in [0.05, 0.1) is 25.0 Å². The predicted molar refractivity (Wildman–Crippen MR) is 75.5 cm³/mol. The topological polar surface area (TPSA) is 116 Å². The van der Waals surface area contributed by atoms with Gasteiger partial charge in [-0.1, -0.05) is 0 Å². The van der Waals surface area contributed by atoms with Crippen LogP contribution in [0, 0.1) is 0 Å². The van der Waals surface area contributed by atoms with E-state index in [2.05, 4.69) is 10.0 Å². The number of aliphatic hydroxyl groups is 2. The Labute approximate surface area is 118 Å². The maximum absolute atomic E-state index is 11.9. The van der Waals surface area contributed by atoms with Gasteiger partial charge in [0, 0.05) is 0 Å². The van der Waals surface area contributed by atoms with Crippen LogP contribution in [0.4, 0.5) is 0 Å². The Hall–Kier alpha value is -0.350. The molecule has 0 rings (SSSR count). The summed E-state index contributed by atoms with van der Waals surface area (Å²) in [5.74, 6) is -0.0358. The lowest BCUT2D eigenvalue weighted by Gasteiger charge is -2.20. The van der Waals surface area contributed by atoms with E-state index in [4.69, 9.17) is 10.2 Å². The minimum atomic E-state index is -3.49. The molecular weight excluding hydrogens is 292 g/mol. The highest BCUT2D eigenvalue weighted by molar-refractivity contribution is 7.98. The summed E-state index contributed by atoms with van der Waals surface area (Å²) in [7, 11) is -3.49. The van der Waals surface area contributed by atoms with Gasteiger partial charge in [0.25, 0.3) is 0 Å². The molecule has 1 amide bonds. The van der Waals surface area contributed by atoms with Gasteiger partial charge in [-0.15, -0.1) is 0 Å². The summed E-state index contributed by atoms with van der Waals surface area (Å²) in [6.07, 6.45) is 2.20. The fourth-order valence-electron chi connectivity index (χ4n) is 1.23. The van der Waals surface area contributed by atoms with Gasteiger partial charge in [-0.25, -0.2) is 13.1 Å². The molecule has 0 fully saturated rings. The molecule has 0 saturated carbocycles. The third-order valence-corrected chi connectivity index (χ3v) is 4.46. The Morgan fingerprint density at radius 2 is 1.89 bits per heavy atom. The quantitative estimate of drug-likeness (QED) is 0.391. The number of rotatable bonds is 10. The second-order valence-corrected chi connectivity index (χ2v) is 6.95. The van der Waals surface area contributed by atoms with Crippen LogP contribution in [0.2, 0.25) is 0 Å². The van der Waals surface area contributed by atoms with Crippen molar-refractivity contribution in [2.45, 2.75) is 25.4 Å². The van der Waals surface area contributed by atoms with Crippen molar-refractivity contribution >= 4 is 27.7 Å². The Balaban J connectivity index is 4.69. The molecule has 9 heteroatoms. The first kappa shape index (κ1) is 18.7. The molecule has 0 heterocycles. The van der Waals surface area contributed by atoms with Crippen molar-refractivity contribution in [3.05, 3.63) is 0 Å². The van der Waals surface area contributed by atoms with Gasteiger partial charge < -0.3 is 15.5 Å². The second kappa shape index (κ2) is 9.54. The van der Waals surface area contributed by atoms with E-state index in [0.717, 1.165) is 0 Å². The zero-order chi connectivity index (χ0) is 14.9. The molecule has 0 aliphatic rings. The van der Waals surface area contributed by atoms with E-state index in [1.165, 1.54) is 18.7 Å². The van der Waals surface area contributed by atoms with Crippen LogP contribution in [0.25, 0.3) is 0 Å². The molecule has 0 aliphatic carbocycles. The zero-order valence-corrected chi connectivity index (χ0v) is 12.8. The molecule has 0 aromatic carbocycles. The van der Waals surface area contributed by atoms with E-state index in [9.17, 15) is 13.2 Å². The zero-order valence-electron chi connectivity index (χ0n) is 11.1. The van der Waals surface area contributed by atoms with Crippen LogP contribution in [0.1, 0.15) is 13.3 Å². The fourth-order valence-corrected chi connectivity index (χ4v) is 2.53. The molecule has 1 unspecified atom stereocenters. The van der Waals surface area contributed by atoms with Crippen molar-refractivity contribution in [1.29, 1.82) is 0 Å². The van der Waals surface area contributed by atoms with Gasteiger partial charge >= 0.3 is 0 Å². The smallest absolute Gasteiger partial charge is 0.238 e. The molecule has 0 aromatic heterocycles. The molecule has 0 aliphatic heterocycles. The molecule has 0 aromatic rings. The largest absolute Gasteiger partial charge is 0.394 e. The highest BCUT2D eigenvalue weighted by Gasteiger charge is 2.24. The van der Waals surface area contributed by atoms with Crippen LogP contribution < -0.4 is 10.0 Å². The molecule has 0 spiro atoms. The van der Waals surface area contributed by atoms with Gasteiger partial charge in [0.2, 0.25) is 15.9 Å². The monoisotopic (exact) mass is 314 g/mol. The summed E-state index contributed by atoms with van der Waals surface area (Å²) in [6.45, 7) is 0.673. The van der Waals surface area contributed by atoms with E-state index >= 15 is 0 Å². The van der Waals surface area contributed by atoms with Crippen molar-refractivity contribution in [1.82, 2.24) is 10.0 Å². The van der Waals surface area contributed by atoms with E-state index in [0.29, 0.717) is 12.2 Å². The van der Waals surface area contributed by atoms with Gasteiger partial charge in [-0.2, -0.15) is 11.8 Å².